The van der Waals surface area contributed by atoms with Crippen LogP contribution in [0.25, 0.3) is 0 Å². The molecule has 0 radical (unpaired) electrons. The van der Waals surface area contributed by atoms with Gasteiger partial charge in [0.1, 0.15) is 0 Å². The predicted octanol–water partition coefficient (Wildman–Crippen LogP) is 3.58. The van der Waals surface area contributed by atoms with E-state index >= 15 is 0 Å². The number of carbonyl (C=O) groups excluding carboxylic acids is 4. The number of esters is 1. The third-order valence-electron chi connectivity index (χ3n) is 5.41. The Morgan fingerprint density at radius 2 is 1.51 bits per heavy atom. The van der Waals surface area contributed by atoms with Gasteiger partial charge in [-0.2, -0.15) is 0 Å². The minimum absolute atomic E-state index is 0.0513. The molecule has 3 amide bonds. The Morgan fingerprint density at radius 3 is 2.06 bits per heavy atom. The lowest BCUT2D eigenvalue weighted by Crippen LogP contribution is -2.30. The van der Waals surface area contributed by atoms with Crippen molar-refractivity contribution in [3.8, 4) is 0 Å². The summed E-state index contributed by atoms with van der Waals surface area (Å²) < 4.78 is 5.20. The number of non-ortho nitro benzene ring substituents is 1. The summed E-state index contributed by atoms with van der Waals surface area (Å²) in [6.45, 7) is 1.45. The molecular weight excluding hydrogens is 454 g/mol. The van der Waals surface area contributed by atoms with Crippen LogP contribution in [0.1, 0.15) is 43.6 Å². The minimum Gasteiger partial charge on any atom is -0.449 e. The molecule has 35 heavy (non-hydrogen) atoms. The highest BCUT2D eigenvalue weighted by Crippen LogP contribution is 2.24. The molecule has 1 aliphatic heterocycles. The van der Waals surface area contributed by atoms with E-state index in [1.54, 1.807) is 36.4 Å². The van der Waals surface area contributed by atoms with Gasteiger partial charge in [-0.05, 0) is 48.9 Å². The number of carbonyl (C=O) groups is 4. The maximum absolute atomic E-state index is 12.5. The Kier molecular flexibility index (Phi) is 6.36. The summed E-state index contributed by atoms with van der Waals surface area (Å²) in [7, 11) is 0. The molecule has 1 unspecified atom stereocenters. The van der Waals surface area contributed by atoms with Gasteiger partial charge in [0, 0.05) is 17.8 Å². The Balaban J connectivity index is 1.34. The molecule has 0 aliphatic carbocycles. The number of hydrogen-bond donors (Lipinski definition) is 1. The van der Waals surface area contributed by atoms with E-state index in [0.29, 0.717) is 22.4 Å². The first-order valence-electron chi connectivity index (χ1n) is 10.5. The summed E-state index contributed by atoms with van der Waals surface area (Å²) in [5.41, 5.74) is 1.75. The average molecular weight is 473 g/mol. The second kappa shape index (κ2) is 9.56. The zero-order valence-corrected chi connectivity index (χ0v) is 18.5. The Labute approximate surface area is 199 Å². The maximum atomic E-state index is 12.5. The topological polar surface area (TPSA) is 136 Å². The lowest BCUT2D eigenvalue weighted by Gasteiger charge is -2.15. The summed E-state index contributed by atoms with van der Waals surface area (Å²) in [6.07, 6.45) is -1.13. The molecule has 1 atom stereocenters. The summed E-state index contributed by atoms with van der Waals surface area (Å²) in [4.78, 5) is 61.1. The van der Waals surface area contributed by atoms with Crippen molar-refractivity contribution in [1.82, 2.24) is 4.90 Å². The first kappa shape index (κ1) is 23.3. The number of rotatable bonds is 7. The van der Waals surface area contributed by atoms with E-state index < -0.39 is 22.9 Å². The molecule has 1 aliphatic rings. The largest absolute Gasteiger partial charge is 0.449 e. The van der Waals surface area contributed by atoms with Gasteiger partial charge in [-0.15, -0.1) is 0 Å². The molecule has 0 saturated carbocycles. The van der Waals surface area contributed by atoms with E-state index in [0.717, 1.165) is 4.90 Å². The van der Waals surface area contributed by atoms with Crippen LogP contribution >= 0.6 is 0 Å². The van der Waals surface area contributed by atoms with Gasteiger partial charge in [-0.25, -0.2) is 4.79 Å². The SMILES string of the molecule is CC(OC(=O)c1ccc(CN2C(=O)c3ccccc3C2=O)cc1)C(=O)Nc1ccc([N+](=O)[O-])cc1. The number of fused-ring (bicyclic) bond motifs is 1. The van der Waals surface area contributed by atoms with E-state index in [1.807, 2.05) is 0 Å². The van der Waals surface area contributed by atoms with Gasteiger partial charge >= 0.3 is 5.97 Å². The van der Waals surface area contributed by atoms with Crippen molar-refractivity contribution in [2.45, 2.75) is 19.6 Å². The van der Waals surface area contributed by atoms with Gasteiger partial charge in [-0.3, -0.25) is 29.4 Å². The van der Waals surface area contributed by atoms with Crippen LogP contribution in [0.2, 0.25) is 0 Å². The normalized spacial score (nSPS) is 13.2. The van der Waals surface area contributed by atoms with Gasteiger partial charge in [0.25, 0.3) is 23.4 Å². The minimum atomic E-state index is -1.13. The van der Waals surface area contributed by atoms with Crippen LogP contribution in [0, 0.1) is 10.1 Å². The van der Waals surface area contributed by atoms with Crippen LogP contribution in [-0.2, 0) is 16.1 Å². The Morgan fingerprint density at radius 1 is 0.943 bits per heavy atom. The number of nitrogens with one attached hydrogen (secondary N) is 1. The summed E-state index contributed by atoms with van der Waals surface area (Å²) in [5.74, 6) is -2.08. The van der Waals surface area contributed by atoms with E-state index in [2.05, 4.69) is 5.32 Å². The number of ether oxygens (including phenoxy) is 1. The number of benzene rings is 3. The second-order valence-electron chi connectivity index (χ2n) is 7.78. The molecule has 0 saturated heterocycles. The van der Waals surface area contributed by atoms with Crippen LogP contribution in [0.15, 0.2) is 72.8 Å². The van der Waals surface area contributed by atoms with Gasteiger partial charge in [0.2, 0.25) is 0 Å². The van der Waals surface area contributed by atoms with Crippen molar-refractivity contribution < 1.29 is 28.8 Å². The highest BCUT2D eigenvalue weighted by atomic mass is 16.6. The van der Waals surface area contributed by atoms with Gasteiger partial charge < -0.3 is 10.1 Å². The molecule has 0 aromatic heterocycles. The molecule has 4 rings (SSSR count). The number of nitrogens with zero attached hydrogens (tertiary/aromatic N) is 2. The summed E-state index contributed by atoms with van der Waals surface area (Å²) >= 11 is 0. The van der Waals surface area contributed by atoms with Crippen LogP contribution in [-0.4, -0.2) is 39.6 Å². The summed E-state index contributed by atoms with van der Waals surface area (Å²) in [5, 5.41) is 13.2. The fourth-order valence-corrected chi connectivity index (χ4v) is 3.50. The van der Waals surface area contributed by atoms with Gasteiger partial charge in [0.05, 0.1) is 28.2 Å². The Hall–Kier alpha value is -4.86. The average Bonchev–Trinajstić information content (AvgIpc) is 3.09. The third-order valence-corrected chi connectivity index (χ3v) is 5.41. The molecular formula is C25H19N3O7. The van der Waals surface area contributed by atoms with E-state index in [1.165, 1.54) is 43.3 Å². The lowest BCUT2D eigenvalue weighted by atomic mass is 10.1. The quantitative estimate of drug-likeness (QED) is 0.240. The molecule has 3 aromatic rings. The molecule has 10 nitrogen and oxygen atoms in total. The summed E-state index contributed by atoms with van der Waals surface area (Å²) in [6, 6.07) is 18.0. The molecule has 3 aromatic carbocycles. The Bertz CT molecular complexity index is 1300. The number of hydrogen-bond acceptors (Lipinski definition) is 7. The number of anilines is 1. The van der Waals surface area contributed by atoms with E-state index in [4.69, 9.17) is 4.74 Å². The van der Waals surface area contributed by atoms with Crippen LogP contribution in [0.3, 0.4) is 0 Å². The molecule has 0 fully saturated rings. The highest BCUT2D eigenvalue weighted by molar-refractivity contribution is 6.21. The smallest absolute Gasteiger partial charge is 0.338 e. The number of amides is 3. The molecule has 0 spiro atoms. The molecule has 10 heteroatoms. The van der Waals surface area contributed by atoms with E-state index in [9.17, 15) is 29.3 Å². The molecule has 1 heterocycles. The lowest BCUT2D eigenvalue weighted by molar-refractivity contribution is -0.384. The van der Waals surface area contributed by atoms with Crippen LogP contribution in [0.5, 0.6) is 0 Å². The first-order valence-corrected chi connectivity index (χ1v) is 10.5. The zero-order valence-electron chi connectivity index (χ0n) is 18.5. The second-order valence-corrected chi connectivity index (χ2v) is 7.78. The number of imide groups is 1. The fraction of sp³-hybridized carbons (Fsp3) is 0.120. The zero-order chi connectivity index (χ0) is 25.1. The molecule has 0 bridgehead atoms. The third kappa shape index (κ3) is 4.91. The van der Waals surface area contributed by atoms with Gasteiger partial charge in [-0.1, -0.05) is 24.3 Å². The predicted molar refractivity (Wildman–Crippen MR) is 124 cm³/mol. The molecule has 1 N–H and O–H groups in total. The van der Waals surface area contributed by atoms with E-state index in [-0.39, 0.29) is 29.6 Å². The number of nitro groups is 1. The van der Waals surface area contributed by atoms with Crippen LogP contribution < -0.4 is 5.32 Å². The van der Waals surface area contributed by atoms with Crippen molar-refractivity contribution in [2.75, 3.05) is 5.32 Å². The molecule has 176 valence electrons. The van der Waals surface area contributed by atoms with Crippen molar-refractivity contribution >= 4 is 35.1 Å². The maximum Gasteiger partial charge on any atom is 0.338 e. The highest BCUT2D eigenvalue weighted by Gasteiger charge is 2.35. The van der Waals surface area contributed by atoms with Crippen molar-refractivity contribution in [3.63, 3.8) is 0 Å². The van der Waals surface area contributed by atoms with Gasteiger partial charge in [0.15, 0.2) is 6.10 Å². The standard InChI is InChI=1S/C25H19N3O7/c1-15(22(29)26-18-10-12-19(13-11-18)28(33)34)35-25(32)17-8-6-16(7-9-17)14-27-23(30)20-4-2-3-5-21(20)24(27)31/h2-13,15H,14H2,1H3,(H,26,29). The van der Waals surface area contributed by atoms with Crippen molar-refractivity contribution in [3.05, 3.63) is 105 Å². The number of nitro benzene ring substituents is 1. The van der Waals surface area contributed by atoms with Crippen LogP contribution in [0.4, 0.5) is 11.4 Å². The van der Waals surface area contributed by atoms with Crippen molar-refractivity contribution in [2.24, 2.45) is 0 Å². The fourth-order valence-electron chi connectivity index (χ4n) is 3.50. The first-order chi connectivity index (χ1) is 16.7. The van der Waals surface area contributed by atoms with Crippen molar-refractivity contribution in [1.29, 1.82) is 0 Å². The monoisotopic (exact) mass is 473 g/mol.